The van der Waals surface area contributed by atoms with Crippen LogP contribution in [0.15, 0.2) is 23.2 Å². The highest BCUT2D eigenvalue weighted by molar-refractivity contribution is 5.79. The fraction of sp³-hybridized carbons (Fsp3) is 0.696. The maximum atomic E-state index is 5.66. The van der Waals surface area contributed by atoms with Gasteiger partial charge in [0, 0.05) is 31.8 Å². The van der Waals surface area contributed by atoms with E-state index in [-0.39, 0.29) is 5.54 Å². The number of nitrogens with one attached hydrogen (secondary N) is 2. The minimum Gasteiger partial charge on any atom is -0.493 e. The Kier molecular flexibility index (Phi) is 8.63. The second-order valence-corrected chi connectivity index (χ2v) is 8.09. The molecule has 0 spiro atoms. The predicted octanol–water partition coefficient (Wildman–Crippen LogP) is 2.45. The maximum absolute atomic E-state index is 5.66. The fourth-order valence-corrected chi connectivity index (χ4v) is 4.45. The lowest BCUT2D eigenvalue weighted by Crippen LogP contribution is -2.54. The number of rotatable bonds is 9. The molecule has 2 N–H and O–H groups in total. The van der Waals surface area contributed by atoms with Gasteiger partial charge in [0.2, 0.25) is 0 Å². The van der Waals surface area contributed by atoms with E-state index in [1.165, 1.54) is 31.5 Å². The van der Waals surface area contributed by atoms with Crippen molar-refractivity contribution in [2.45, 2.75) is 44.6 Å². The van der Waals surface area contributed by atoms with Crippen LogP contribution in [0.25, 0.3) is 0 Å². The summed E-state index contributed by atoms with van der Waals surface area (Å²) in [6.07, 6.45) is 5.63. The van der Waals surface area contributed by atoms with E-state index in [1.54, 1.807) is 14.2 Å². The third kappa shape index (κ3) is 5.79. The largest absolute Gasteiger partial charge is 0.493 e. The maximum Gasteiger partial charge on any atom is 0.191 e. The molecule has 0 aliphatic carbocycles. The van der Waals surface area contributed by atoms with Crippen LogP contribution in [0.1, 0.15) is 38.2 Å². The summed E-state index contributed by atoms with van der Waals surface area (Å²) in [6.45, 7) is 8.66. The highest BCUT2D eigenvalue weighted by Gasteiger charge is 2.39. The van der Waals surface area contributed by atoms with Crippen molar-refractivity contribution in [3.63, 3.8) is 0 Å². The van der Waals surface area contributed by atoms with Crippen molar-refractivity contribution in [1.82, 2.24) is 15.5 Å². The summed E-state index contributed by atoms with van der Waals surface area (Å²) in [5, 5.41) is 6.90. The molecule has 0 saturated carbocycles. The zero-order chi connectivity index (χ0) is 21.2. The van der Waals surface area contributed by atoms with Crippen LogP contribution < -0.4 is 20.1 Å². The zero-order valence-electron chi connectivity index (χ0n) is 18.8. The third-order valence-electron chi connectivity index (χ3n) is 6.23. The van der Waals surface area contributed by atoms with Gasteiger partial charge in [-0.2, -0.15) is 0 Å². The number of hydrogen-bond donors (Lipinski definition) is 2. The highest BCUT2D eigenvalue weighted by Crippen LogP contribution is 2.31. The van der Waals surface area contributed by atoms with Crippen molar-refractivity contribution in [1.29, 1.82) is 0 Å². The summed E-state index contributed by atoms with van der Waals surface area (Å²) in [6, 6.07) is 6.07. The van der Waals surface area contributed by atoms with Crippen LogP contribution in [-0.4, -0.2) is 76.6 Å². The molecule has 2 fully saturated rings. The number of ether oxygens (including phenoxy) is 3. The minimum absolute atomic E-state index is 0.153. The molecule has 0 bridgehead atoms. The molecule has 1 aromatic rings. The van der Waals surface area contributed by atoms with Gasteiger partial charge in [-0.15, -0.1) is 0 Å². The second-order valence-electron chi connectivity index (χ2n) is 8.09. The summed E-state index contributed by atoms with van der Waals surface area (Å²) in [7, 11) is 3.33. The van der Waals surface area contributed by atoms with Gasteiger partial charge in [-0.1, -0.05) is 6.07 Å². The Labute approximate surface area is 181 Å². The molecule has 7 heteroatoms. The lowest BCUT2D eigenvalue weighted by atomic mass is 9.88. The van der Waals surface area contributed by atoms with E-state index >= 15 is 0 Å². The first-order chi connectivity index (χ1) is 14.7. The number of aliphatic imine (C=N–C) groups is 1. The van der Waals surface area contributed by atoms with Crippen molar-refractivity contribution in [2.75, 3.05) is 60.2 Å². The highest BCUT2D eigenvalue weighted by atomic mass is 16.5. The molecule has 30 heavy (non-hydrogen) atoms. The van der Waals surface area contributed by atoms with E-state index in [9.17, 15) is 0 Å². The average molecular weight is 419 g/mol. The number of methoxy groups -OCH3 is 2. The van der Waals surface area contributed by atoms with Gasteiger partial charge in [0.25, 0.3) is 0 Å². The van der Waals surface area contributed by atoms with Crippen molar-refractivity contribution in [3.05, 3.63) is 23.8 Å². The van der Waals surface area contributed by atoms with Crippen molar-refractivity contribution < 1.29 is 14.2 Å². The summed E-state index contributed by atoms with van der Waals surface area (Å²) in [5.74, 6) is 2.42. The third-order valence-corrected chi connectivity index (χ3v) is 6.23. The van der Waals surface area contributed by atoms with E-state index in [1.807, 2.05) is 12.1 Å². The first-order valence-corrected chi connectivity index (χ1v) is 11.3. The molecule has 7 nitrogen and oxygen atoms in total. The standard InChI is InChI=1S/C23H38N4O3/c1-4-24-22(25-12-9-19-7-8-20(28-2)21(17-19)29-3)26-18-23(10-15-30-16-11-23)27-13-5-6-14-27/h7-8,17H,4-6,9-16,18H2,1-3H3,(H2,24,25,26). The molecule has 2 aliphatic rings. The van der Waals surface area contributed by atoms with Crippen molar-refractivity contribution >= 4 is 5.96 Å². The van der Waals surface area contributed by atoms with E-state index in [4.69, 9.17) is 19.2 Å². The van der Waals surface area contributed by atoms with Crippen LogP contribution in [0.2, 0.25) is 0 Å². The van der Waals surface area contributed by atoms with E-state index in [0.717, 1.165) is 69.6 Å². The van der Waals surface area contributed by atoms with Crippen molar-refractivity contribution in [3.8, 4) is 11.5 Å². The fourth-order valence-electron chi connectivity index (χ4n) is 4.45. The Hall–Kier alpha value is -1.99. The molecule has 0 atom stereocenters. The lowest BCUT2D eigenvalue weighted by Gasteiger charge is -2.43. The number of nitrogens with zero attached hydrogens (tertiary/aromatic N) is 2. The molecule has 0 radical (unpaired) electrons. The second kappa shape index (κ2) is 11.4. The molecule has 2 aliphatic heterocycles. The number of likely N-dealkylation sites (tertiary alicyclic amines) is 1. The first-order valence-electron chi connectivity index (χ1n) is 11.3. The normalized spacial score (nSPS) is 19.5. The van der Waals surface area contributed by atoms with Crippen LogP contribution in [0.3, 0.4) is 0 Å². The van der Waals surface area contributed by atoms with Gasteiger partial charge >= 0.3 is 0 Å². The quantitative estimate of drug-likeness (QED) is 0.474. The molecule has 3 rings (SSSR count). The predicted molar refractivity (Wildman–Crippen MR) is 121 cm³/mol. The van der Waals surface area contributed by atoms with Crippen LogP contribution in [-0.2, 0) is 11.2 Å². The molecule has 0 aromatic heterocycles. The zero-order valence-corrected chi connectivity index (χ0v) is 18.8. The molecule has 0 amide bonds. The molecule has 2 saturated heterocycles. The monoisotopic (exact) mass is 418 g/mol. The van der Waals surface area contributed by atoms with Crippen LogP contribution in [0.4, 0.5) is 0 Å². The van der Waals surface area contributed by atoms with Gasteiger partial charge in [-0.3, -0.25) is 9.89 Å². The summed E-state index contributed by atoms with van der Waals surface area (Å²) in [4.78, 5) is 7.66. The molecular weight excluding hydrogens is 380 g/mol. The molecular formula is C23H38N4O3. The van der Waals surface area contributed by atoms with Gasteiger partial charge in [0.1, 0.15) is 0 Å². The van der Waals surface area contributed by atoms with Gasteiger partial charge in [-0.25, -0.2) is 0 Å². The molecule has 0 unspecified atom stereocenters. The van der Waals surface area contributed by atoms with Crippen molar-refractivity contribution in [2.24, 2.45) is 4.99 Å². The topological polar surface area (TPSA) is 67.4 Å². The smallest absolute Gasteiger partial charge is 0.191 e. The average Bonchev–Trinajstić information content (AvgIpc) is 3.34. The molecule has 168 valence electrons. The van der Waals surface area contributed by atoms with Crippen LogP contribution in [0.5, 0.6) is 11.5 Å². The Morgan fingerprint density at radius 3 is 2.50 bits per heavy atom. The van der Waals surface area contributed by atoms with Crippen LogP contribution >= 0.6 is 0 Å². The minimum atomic E-state index is 0.153. The van der Waals surface area contributed by atoms with Crippen LogP contribution in [0, 0.1) is 0 Å². The summed E-state index contributed by atoms with van der Waals surface area (Å²) < 4.78 is 16.4. The lowest BCUT2D eigenvalue weighted by molar-refractivity contribution is -0.0139. The number of guanidine groups is 1. The molecule has 2 heterocycles. The van der Waals surface area contributed by atoms with Gasteiger partial charge < -0.3 is 24.8 Å². The number of hydrogen-bond acceptors (Lipinski definition) is 5. The number of benzene rings is 1. The van der Waals surface area contributed by atoms with Gasteiger partial charge in [0.15, 0.2) is 17.5 Å². The Bertz CT molecular complexity index is 683. The summed E-state index contributed by atoms with van der Waals surface area (Å²) in [5.41, 5.74) is 1.36. The Morgan fingerprint density at radius 2 is 1.83 bits per heavy atom. The van der Waals surface area contributed by atoms with Gasteiger partial charge in [0.05, 0.1) is 20.8 Å². The van der Waals surface area contributed by atoms with E-state index < -0.39 is 0 Å². The van der Waals surface area contributed by atoms with E-state index in [2.05, 4.69) is 28.5 Å². The van der Waals surface area contributed by atoms with Gasteiger partial charge in [-0.05, 0) is 69.8 Å². The Balaban J connectivity index is 1.59. The van der Waals surface area contributed by atoms with E-state index in [0.29, 0.717) is 0 Å². The summed E-state index contributed by atoms with van der Waals surface area (Å²) >= 11 is 0. The Morgan fingerprint density at radius 1 is 1.10 bits per heavy atom. The first kappa shape index (κ1) is 22.7. The molecule has 1 aromatic carbocycles. The SMILES string of the molecule is CCNC(=NCC1(N2CCCC2)CCOCC1)NCCc1ccc(OC)c(OC)c1.